The van der Waals surface area contributed by atoms with Crippen molar-refractivity contribution >= 4 is 11.8 Å². The number of benzene rings is 1. The summed E-state index contributed by atoms with van der Waals surface area (Å²) in [6.07, 6.45) is 1.25. The number of hydrogen-bond acceptors (Lipinski definition) is 6. The van der Waals surface area contributed by atoms with E-state index >= 15 is 0 Å². The molecule has 120 valence electrons. The number of hydrogen-bond donors (Lipinski definition) is 3. The van der Waals surface area contributed by atoms with Gasteiger partial charge in [0.2, 0.25) is 0 Å². The minimum absolute atomic E-state index is 0.0938. The van der Waals surface area contributed by atoms with Crippen LogP contribution in [-0.2, 0) is 0 Å². The molecule has 0 saturated heterocycles. The third-order valence-corrected chi connectivity index (χ3v) is 4.63. The van der Waals surface area contributed by atoms with E-state index in [0.29, 0.717) is 23.6 Å². The Hall–Kier alpha value is -0.950. The van der Waals surface area contributed by atoms with Crippen molar-refractivity contribution in [1.82, 2.24) is 5.32 Å². The molecule has 0 aliphatic carbocycles. The summed E-state index contributed by atoms with van der Waals surface area (Å²) in [6.45, 7) is 2.47. The van der Waals surface area contributed by atoms with Gasteiger partial charge in [-0.1, -0.05) is 0 Å². The molecule has 0 radical (unpaired) electrons. The summed E-state index contributed by atoms with van der Waals surface area (Å²) in [7, 11) is 3.16. The third-order valence-electron chi connectivity index (χ3n) is 3.47. The molecule has 3 atom stereocenters. The van der Waals surface area contributed by atoms with E-state index in [1.54, 1.807) is 44.2 Å². The molecule has 0 bridgehead atoms. The van der Waals surface area contributed by atoms with E-state index in [4.69, 9.17) is 9.47 Å². The van der Waals surface area contributed by atoms with Gasteiger partial charge in [-0.2, -0.15) is 11.8 Å². The van der Waals surface area contributed by atoms with Crippen molar-refractivity contribution in [3.8, 4) is 11.5 Å². The van der Waals surface area contributed by atoms with Crippen molar-refractivity contribution < 1.29 is 19.7 Å². The van der Waals surface area contributed by atoms with E-state index in [1.165, 1.54) is 0 Å². The molecule has 21 heavy (non-hydrogen) atoms. The average Bonchev–Trinajstić information content (AvgIpc) is 2.52. The highest BCUT2D eigenvalue weighted by molar-refractivity contribution is 7.99. The molecule has 0 aliphatic rings. The molecule has 0 spiro atoms. The van der Waals surface area contributed by atoms with Gasteiger partial charge in [0.25, 0.3) is 0 Å². The zero-order chi connectivity index (χ0) is 15.8. The van der Waals surface area contributed by atoms with Gasteiger partial charge in [-0.05, 0) is 31.4 Å². The molecule has 1 aromatic rings. The van der Waals surface area contributed by atoms with Crippen LogP contribution in [0.3, 0.4) is 0 Å². The zero-order valence-corrected chi connectivity index (χ0v) is 13.8. The number of methoxy groups -OCH3 is 2. The van der Waals surface area contributed by atoms with Gasteiger partial charge in [0.15, 0.2) is 0 Å². The second-order valence-corrected chi connectivity index (χ2v) is 5.85. The molecule has 0 saturated carbocycles. The van der Waals surface area contributed by atoms with Crippen LogP contribution >= 0.6 is 11.8 Å². The van der Waals surface area contributed by atoms with Gasteiger partial charge >= 0.3 is 0 Å². The van der Waals surface area contributed by atoms with Crippen LogP contribution in [0.1, 0.15) is 18.6 Å². The first kappa shape index (κ1) is 18.1. The summed E-state index contributed by atoms with van der Waals surface area (Å²) in [5, 5.41) is 23.0. The summed E-state index contributed by atoms with van der Waals surface area (Å²) < 4.78 is 10.5. The largest absolute Gasteiger partial charge is 0.497 e. The molecular formula is C15H25NO4S. The van der Waals surface area contributed by atoms with Crippen molar-refractivity contribution in [1.29, 1.82) is 0 Å². The van der Waals surface area contributed by atoms with Gasteiger partial charge < -0.3 is 25.0 Å². The first-order valence-corrected chi connectivity index (χ1v) is 8.13. The summed E-state index contributed by atoms with van der Waals surface area (Å²) >= 11 is 1.60. The number of aliphatic hydroxyl groups is 2. The van der Waals surface area contributed by atoms with Crippen LogP contribution < -0.4 is 14.8 Å². The van der Waals surface area contributed by atoms with E-state index in [0.717, 1.165) is 0 Å². The highest BCUT2D eigenvalue weighted by atomic mass is 32.2. The molecule has 5 nitrogen and oxygen atoms in total. The molecule has 0 heterocycles. The van der Waals surface area contributed by atoms with E-state index < -0.39 is 6.10 Å². The molecule has 0 aromatic heterocycles. The fourth-order valence-electron chi connectivity index (χ4n) is 2.08. The van der Waals surface area contributed by atoms with Gasteiger partial charge in [-0.25, -0.2) is 0 Å². The SMILES string of the molecule is COc1ccc(OC)c(C(O)CNC(C)C(CO)SC)c1. The van der Waals surface area contributed by atoms with Gasteiger partial charge in [-0.3, -0.25) is 0 Å². The second-order valence-electron chi connectivity index (χ2n) is 4.78. The van der Waals surface area contributed by atoms with Crippen LogP contribution in [-0.4, -0.2) is 55.1 Å². The van der Waals surface area contributed by atoms with Crippen LogP contribution in [0.2, 0.25) is 0 Å². The zero-order valence-electron chi connectivity index (χ0n) is 13.0. The van der Waals surface area contributed by atoms with Gasteiger partial charge in [0, 0.05) is 23.4 Å². The minimum Gasteiger partial charge on any atom is -0.497 e. The van der Waals surface area contributed by atoms with E-state index in [2.05, 4.69) is 5.32 Å². The topological polar surface area (TPSA) is 71.0 Å². The standard InChI is InChI=1S/C15H25NO4S/c1-10(15(9-17)21-4)16-8-13(18)12-7-11(19-2)5-6-14(12)20-3/h5-7,10,13,15-18H,8-9H2,1-4H3. The second kappa shape index (κ2) is 9.15. The Morgan fingerprint density at radius 3 is 2.52 bits per heavy atom. The Labute approximate surface area is 130 Å². The van der Waals surface area contributed by atoms with Crippen LogP contribution in [0.5, 0.6) is 11.5 Å². The van der Waals surface area contributed by atoms with Crippen LogP contribution in [0.4, 0.5) is 0 Å². The molecule has 1 aromatic carbocycles. The Kier molecular flexibility index (Phi) is 7.88. The molecule has 3 unspecified atom stereocenters. The maximum atomic E-state index is 10.4. The fourth-order valence-corrected chi connectivity index (χ4v) is 2.73. The quantitative estimate of drug-likeness (QED) is 0.640. The van der Waals surface area contributed by atoms with E-state index in [1.807, 2.05) is 13.2 Å². The molecule has 6 heteroatoms. The summed E-state index contributed by atoms with van der Waals surface area (Å²) in [6, 6.07) is 5.43. The number of rotatable bonds is 9. The monoisotopic (exact) mass is 315 g/mol. The molecule has 0 amide bonds. The lowest BCUT2D eigenvalue weighted by Gasteiger charge is -2.23. The normalized spacial score (nSPS) is 15.3. The molecule has 1 rings (SSSR count). The van der Waals surface area contributed by atoms with Crippen LogP contribution in [0.15, 0.2) is 18.2 Å². The molecular weight excluding hydrogens is 290 g/mol. The molecule has 0 fully saturated rings. The first-order valence-electron chi connectivity index (χ1n) is 6.84. The number of thioether (sulfide) groups is 1. The average molecular weight is 315 g/mol. The highest BCUT2D eigenvalue weighted by Gasteiger charge is 2.19. The van der Waals surface area contributed by atoms with Crippen LogP contribution in [0, 0.1) is 0 Å². The van der Waals surface area contributed by atoms with E-state index in [-0.39, 0.29) is 17.9 Å². The van der Waals surface area contributed by atoms with E-state index in [9.17, 15) is 10.2 Å². The Balaban J connectivity index is 2.72. The first-order chi connectivity index (χ1) is 10.1. The van der Waals surface area contributed by atoms with Crippen LogP contribution in [0.25, 0.3) is 0 Å². The highest BCUT2D eigenvalue weighted by Crippen LogP contribution is 2.29. The molecule has 3 N–H and O–H groups in total. The predicted octanol–water partition coefficient (Wildman–Crippen LogP) is 1.44. The lowest BCUT2D eigenvalue weighted by molar-refractivity contribution is 0.163. The fraction of sp³-hybridized carbons (Fsp3) is 0.600. The third kappa shape index (κ3) is 5.07. The minimum atomic E-state index is -0.710. The van der Waals surface area contributed by atoms with Crippen molar-refractivity contribution in [2.24, 2.45) is 0 Å². The van der Waals surface area contributed by atoms with Crippen molar-refractivity contribution in [2.45, 2.75) is 24.3 Å². The van der Waals surface area contributed by atoms with Gasteiger partial charge in [-0.15, -0.1) is 0 Å². The lowest BCUT2D eigenvalue weighted by atomic mass is 10.1. The Morgan fingerprint density at radius 2 is 2.00 bits per heavy atom. The number of aliphatic hydroxyl groups excluding tert-OH is 2. The summed E-state index contributed by atoms with van der Waals surface area (Å²) in [4.78, 5) is 0. The Morgan fingerprint density at radius 1 is 1.29 bits per heavy atom. The van der Waals surface area contributed by atoms with Crippen molar-refractivity contribution in [3.05, 3.63) is 23.8 Å². The summed E-state index contributed by atoms with van der Waals surface area (Å²) in [5.74, 6) is 1.30. The Bertz CT molecular complexity index is 426. The smallest absolute Gasteiger partial charge is 0.124 e. The lowest BCUT2D eigenvalue weighted by Crippen LogP contribution is -2.39. The van der Waals surface area contributed by atoms with Gasteiger partial charge in [0.1, 0.15) is 11.5 Å². The van der Waals surface area contributed by atoms with Crippen molar-refractivity contribution in [3.63, 3.8) is 0 Å². The molecule has 0 aliphatic heterocycles. The number of ether oxygens (including phenoxy) is 2. The maximum Gasteiger partial charge on any atom is 0.124 e. The summed E-state index contributed by atoms with van der Waals surface area (Å²) in [5.41, 5.74) is 0.682. The predicted molar refractivity (Wildman–Crippen MR) is 86.4 cm³/mol. The van der Waals surface area contributed by atoms with Crippen molar-refractivity contribution in [2.75, 3.05) is 33.6 Å². The van der Waals surface area contributed by atoms with Gasteiger partial charge in [0.05, 0.1) is 26.9 Å². The number of nitrogens with one attached hydrogen (secondary N) is 1. The maximum absolute atomic E-state index is 10.4.